The smallest absolute Gasteiger partial charge is 0.164 e. The summed E-state index contributed by atoms with van der Waals surface area (Å²) in [6.07, 6.45) is 1.72. The van der Waals surface area contributed by atoms with Crippen molar-refractivity contribution in [3.8, 4) is 0 Å². The van der Waals surface area contributed by atoms with E-state index in [0.717, 1.165) is 11.2 Å². The third-order valence-electron chi connectivity index (χ3n) is 1.29. The quantitative estimate of drug-likeness (QED) is 0.475. The van der Waals surface area contributed by atoms with Gasteiger partial charge in [-0.25, -0.2) is 0 Å². The van der Waals surface area contributed by atoms with Crippen molar-refractivity contribution in [3.63, 3.8) is 0 Å². The van der Waals surface area contributed by atoms with Gasteiger partial charge in [-0.05, 0) is 11.6 Å². The van der Waals surface area contributed by atoms with Crippen LogP contribution in [0.15, 0.2) is 18.3 Å². The average molecular weight is 121 g/mol. The van der Waals surface area contributed by atoms with Crippen LogP contribution in [0, 0.1) is 0 Å². The molecule has 0 aliphatic rings. The molecule has 0 fully saturated rings. The summed E-state index contributed by atoms with van der Waals surface area (Å²) in [5.41, 5.74) is 1.80. The molecule has 0 aliphatic carbocycles. The topological polar surface area (TPSA) is 33.1 Å². The Labute approximate surface area is 55.0 Å². The van der Waals surface area contributed by atoms with Crippen LogP contribution in [0.5, 0.6) is 0 Å². The van der Waals surface area contributed by atoms with Crippen molar-refractivity contribution >= 4 is 13.4 Å². The van der Waals surface area contributed by atoms with Crippen LogP contribution in [0.1, 0.15) is 5.56 Å². The van der Waals surface area contributed by atoms with Crippen LogP contribution in [0.2, 0.25) is 0 Å². The summed E-state index contributed by atoms with van der Waals surface area (Å²) in [4.78, 5) is 3.99. The Morgan fingerprint density at radius 3 is 2.89 bits per heavy atom. The molecule has 0 aliphatic heterocycles. The van der Waals surface area contributed by atoms with Crippen LogP contribution in [0.3, 0.4) is 0 Å². The van der Waals surface area contributed by atoms with Gasteiger partial charge >= 0.3 is 0 Å². The maximum absolute atomic E-state index is 8.68. The Hall–Kier alpha value is -0.825. The number of aliphatic hydroxyl groups is 1. The molecule has 1 aromatic rings. The first-order chi connectivity index (χ1) is 4.34. The molecule has 1 heterocycles. The third kappa shape index (κ3) is 1.30. The molecule has 0 atom stereocenters. The lowest BCUT2D eigenvalue weighted by molar-refractivity contribution is 0.282. The average Bonchev–Trinajstić information content (AvgIpc) is 1.89. The standard InChI is InChI=1S/C6H8BNO/c7-6-5(4-9)2-1-3-8-6/h1-3,9H,4,7H2. The van der Waals surface area contributed by atoms with Gasteiger partial charge in [-0.2, -0.15) is 0 Å². The molecule has 3 heteroatoms. The van der Waals surface area contributed by atoms with Gasteiger partial charge in [0, 0.05) is 11.8 Å². The zero-order valence-electron chi connectivity index (χ0n) is 5.33. The van der Waals surface area contributed by atoms with Gasteiger partial charge in [-0.3, -0.25) is 4.98 Å². The van der Waals surface area contributed by atoms with E-state index >= 15 is 0 Å². The number of aliphatic hydroxyl groups excluding tert-OH is 1. The molecule has 0 saturated carbocycles. The van der Waals surface area contributed by atoms with Crippen LogP contribution in [-0.2, 0) is 6.61 Å². The van der Waals surface area contributed by atoms with E-state index in [1.54, 1.807) is 6.20 Å². The molecule has 0 aromatic carbocycles. The molecular formula is C6H8BNO. The first-order valence-electron chi connectivity index (χ1n) is 2.86. The molecule has 0 radical (unpaired) electrons. The van der Waals surface area contributed by atoms with Gasteiger partial charge in [0.25, 0.3) is 0 Å². The molecule has 0 saturated heterocycles. The predicted molar refractivity (Wildman–Crippen MR) is 38.3 cm³/mol. The Morgan fingerprint density at radius 2 is 2.44 bits per heavy atom. The van der Waals surface area contributed by atoms with Gasteiger partial charge in [-0.1, -0.05) is 6.07 Å². The highest BCUT2D eigenvalue weighted by atomic mass is 16.3. The van der Waals surface area contributed by atoms with Crippen molar-refractivity contribution in [1.82, 2.24) is 4.98 Å². The van der Waals surface area contributed by atoms with Crippen molar-refractivity contribution in [1.29, 1.82) is 0 Å². The summed E-state index contributed by atoms with van der Waals surface area (Å²) in [5, 5.41) is 8.68. The highest BCUT2D eigenvalue weighted by Gasteiger charge is 1.92. The molecule has 0 unspecified atom stereocenters. The first kappa shape index (κ1) is 6.30. The summed E-state index contributed by atoms with van der Waals surface area (Å²) < 4.78 is 0. The largest absolute Gasteiger partial charge is 0.392 e. The van der Waals surface area contributed by atoms with Gasteiger partial charge in [0.15, 0.2) is 7.85 Å². The first-order valence-corrected chi connectivity index (χ1v) is 2.86. The molecule has 9 heavy (non-hydrogen) atoms. The predicted octanol–water partition coefficient (Wildman–Crippen LogP) is -1.17. The van der Waals surface area contributed by atoms with Crippen LogP contribution < -0.4 is 5.59 Å². The van der Waals surface area contributed by atoms with Crippen LogP contribution in [0.4, 0.5) is 0 Å². The summed E-state index contributed by atoms with van der Waals surface area (Å²) in [7, 11) is 1.88. The minimum absolute atomic E-state index is 0.0830. The van der Waals surface area contributed by atoms with E-state index in [4.69, 9.17) is 5.11 Å². The van der Waals surface area contributed by atoms with E-state index in [0.29, 0.717) is 0 Å². The van der Waals surface area contributed by atoms with Crippen molar-refractivity contribution in [2.24, 2.45) is 0 Å². The van der Waals surface area contributed by atoms with Crippen molar-refractivity contribution < 1.29 is 5.11 Å². The summed E-state index contributed by atoms with van der Waals surface area (Å²) in [6, 6.07) is 3.68. The fourth-order valence-electron chi connectivity index (χ4n) is 0.685. The van der Waals surface area contributed by atoms with Gasteiger partial charge < -0.3 is 5.11 Å². The number of aromatic nitrogens is 1. The Morgan fingerprint density at radius 1 is 1.67 bits per heavy atom. The lowest BCUT2D eigenvalue weighted by atomic mass is 9.98. The lowest BCUT2D eigenvalue weighted by Gasteiger charge is -1.97. The van der Waals surface area contributed by atoms with E-state index in [1.807, 2.05) is 20.0 Å². The SMILES string of the molecule is Bc1ncccc1CO. The van der Waals surface area contributed by atoms with E-state index in [2.05, 4.69) is 4.98 Å². The Balaban J connectivity index is 3.01. The highest BCUT2D eigenvalue weighted by Crippen LogP contribution is 1.89. The number of rotatable bonds is 1. The molecule has 0 amide bonds. The third-order valence-corrected chi connectivity index (χ3v) is 1.29. The second-order valence-electron chi connectivity index (χ2n) is 1.91. The normalized spacial score (nSPS) is 9.44. The maximum Gasteiger partial charge on any atom is 0.164 e. The number of nitrogens with zero attached hydrogens (tertiary/aromatic N) is 1. The summed E-state index contributed by atoms with van der Waals surface area (Å²) in [6.45, 7) is 0.0830. The molecular weight excluding hydrogens is 113 g/mol. The molecule has 0 bridgehead atoms. The number of hydrogen-bond donors (Lipinski definition) is 1. The van der Waals surface area contributed by atoms with Gasteiger partial charge in [0.1, 0.15) is 0 Å². The van der Waals surface area contributed by atoms with Crippen LogP contribution in [-0.4, -0.2) is 17.9 Å². The molecule has 1 N–H and O–H groups in total. The van der Waals surface area contributed by atoms with Gasteiger partial charge in [-0.15, -0.1) is 0 Å². The summed E-state index contributed by atoms with van der Waals surface area (Å²) >= 11 is 0. The fraction of sp³-hybridized carbons (Fsp3) is 0.167. The molecule has 0 spiro atoms. The zero-order valence-corrected chi connectivity index (χ0v) is 5.33. The highest BCUT2D eigenvalue weighted by molar-refractivity contribution is 6.31. The van der Waals surface area contributed by atoms with Crippen LogP contribution in [0.25, 0.3) is 0 Å². The van der Waals surface area contributed by atoms with E-state index in [9.17, 15) is 0 Å². The van der Waals surface area contributed by atoms with E-state index < -0.39 is 0 Å². The lowest BCUT2D eigenvalue weighted by Crippen LogP contribution is -2.13. The maximum atomic E-state index is 8.68. The Kier molecular flexibility index (Phi) is 1.85. The fourth-order valence-corrected chi connectivity index (χ4v) is 0.685. The Bertz CT molecular complexity index is 202. The zero-order chi connectivity index (χ0) is 6.69. The molecule has 2 nitrogen and oxygen atoms in total. The van der Waals surface area contributed by atoms with Crippen LogP contribution >= 0.6 is 0 Å². The van der Waals surface area contributed by atoms with E-state index in [-0.39, 0.29) is 6.61 Å². The van der Waals surface area contributed by atoms with Gasteiger partial charge in [0.2, 0.25) is 0 Å². The van der Waals surface area contributed by atoms with Gasteiger partial charge in [0.05, 0.1) is 6.61 Å². The second kappa shape index (κ2) is 2.64. The number of hydrogen-bond acceptors (Lipinski definition) is 2. The number of pyridine rings is 1. The minimum Gasteiger partial charge on any atom is -0.392 e. The molecule has 46 valence electrons. The summed E-state index contributed by atoms with van der Waals surface area (Å²) in [5.74, 6) is 0. The molecule has 1 aromatic heterocycles. The molecule has 1 rings (SSSR count). The monoisotopic (exact) mass is 121 g/mol. The minimum atomic E-state index is 0.0830. The van der Waals surface area contributed by atoms with Crippen molar-refractivity contribution in [2.45, 2.75) is 6.61 Å². The van der Waals surface area contributed by atoms with Crippen molar-refractivity contribution in [2.75, 3.05) is 0 Å². The van der Waals surface area contributed by atoms with Crippen molar-refractivity contribution in [3.05, 3.63) is 23.9 Å². The van der Waals surface area contributed by atoms with E-state index in [1.165, 1.54) is 0 Å². The second-order valence-corrected chi connectivity index (χ2v) is 1.91.